The number of aliphatic hydroxyl groups is 1. The molecule has 2 aliphatic heterocycles. The Morgan fingerprint density at radius 2 is 1.82 bits per heavy atom. The number of carbonyl (C=O) groups is 1. The van der Waals surface area contributed by atoms with Gasteiger partial charge in [-0.15, -0.1) is 0 Å². The fraction of sp³-hybridized carbons (Fsp3) is 0.357. The molecule has 1 N–H and O–H groups in total. The summed E-state index contributed by atoms with van der Waals surface area (Å²) in [6.07, 6.45) is 5.35. The molecule has 0 radical (unpaired) electrons. The molecule has 5 rings (SSSR count). The van der Waals surface area contributed by atoms with Crippen molar-refractivity contribution in [2.45, 2.75) is 37.8 Å². The fourth-order valence-electron chi connectivity index (χ4n) is 5.58. The van der Waals surface area contributed by atoms with Crippen molar-refractivity contribution in [1.29, 1.82) is 0 Å². The van der Waals surface area contributed by atoms with Crippen molar-refractivity contribution in [2.24, 2.45) is 0 Å². The number of rotatable bonds is 4. The number of fused-ring (bicyclic) bond motifs is 1. The number of benzene rings is 2. The molecule has 1 amide bonds. The molecule has 0 unspecified atom stereocenters. The van der Waals surface area contributed by atoms with Gasteiger partial charge < -0.3 is 10.0 Å². The highest BCUT2D eigenvalue weighted by molar-refractivity contribution is 5.93. The first-order valence-electron chi connectivity index (χ1n) is 11.9. The van der Waals surface area contributed by atoms with E-state index in [0.717, 1.165) is 25.9 Å². The number of amides is 1. The zero-order chi connectivity index (χ0) is 22.8. The third-order valence-corrected chi connectivity index (χ3v) is 7.32. The van der Waals surface area contributed by atoms with E-state index >= 15 is 0 Å². The lowest BCUT2D eigenvalue weighted by Crippen LogP contribution is -2.67. The summed E-state index contributed by atoms with van der Waals surface area (Å²) in [7, 11) is 0. The van der Waals surface area contributed by atoms with Crippen LogP contribution >= 0.6 is 0 Å². The summed E-state index contributed by atoms with van der Waals surface area (Å²) in [5.74, 6) is 0.259. The molecule has 3 aromatic rings. The average molecular weight is 442 g/mol. The molecule has 33 heavy (non-hydrogen) atoms. The van der Waals surface area contributed by atoms with Crippen molar-refractivity contribution < 1.29 is 9.90 Å². The maximum absolute atomic E-state index is 13.2. The lowest BCUT2D eigenvalue weighted by atomic mass is 9.74. The van der Waals surface area contributed by atoms with E-state index in [1.165, 1.54) is 22.3 Å². The van der Waals surface area contributed by atoms with Crippen molar-refractivity contribution >= 4 is 5.91 Å². The van der Waals surface area contributed by atoms with E-state index in [2.05, 4.69) is 65.3 Å². The van der Waals surface area contributed by atoms with E-state index in [1.54, 1.807) is 12.4 Å². The normalized spacial score (nSPS) is 23.2. The first-order chi connectivity index (χ1) is 16.2. The van der Waals surface area contributed by atoms with Crippen LogP contribution in [0, 0.1) is 6.92 Å². The van der Waals surface area contributed by atoms with Gasteiger partial charge in [-0.05, 0) is 60.7 Å². The molecule has 0 aliphatic carbocycles. The summed E-state index contributed by atoms with van der Waals surface area (Å²) in [6.45, 7) is 4.69. The summed E-state index contributed by atoms with van der Waals surface area (Å²) in [6, 6.07) is 21.2. The lowest BCUT2D eigenvalue weighted by Gasteiger charge is -2.57. The Morgan fingerprint density at radius 1 is 1.03 bits per heavy atom. The Hall–Kier alpha value is -3.02. The zero-order valence-electron chi connectivity index (χ0n) is 19.1. The molecule has 2 saturated heterocycles. The molecule has 0 bridgehead atoms. The Labute approximate surface area is 195 Å². The topological polar surface area (TPSA) is 56.7 Å². The molecule has 2 aromatic carbocycles. The third-order valence-electron chi connectivity index (χ3n) is 7.32. The van der Waals surface area contributed by atoms with Gasteiger partial charge in [-0.2, -0.15) is 0 Å². The summed E-state index contributed by atoms with van der Waals surface area (Å²) in [5, 5.41) is 10.2. The molecule has 0 spiro atoms. The highest BCUT2D eigenvalue weighted by Crippen LogP contribution is 2.42. The first-order valence-corrected chi connectivity index (χ1v) is 11.9. The molecule has 2 aliphatic rings. The van der Waals surface area contributed by atoms with Crippen molar-refractivity contribution in [1.82, 2.24) is 14.8 Å². The molecule has 170 valence electrons. The van der Waals surface area contributed by atoms with Crippen LogP contribution in [0.15, 0.2) is 73.1 Å². The van der Waals surface area contributed by atoms with Gasteiger partial charge in [0.15, 0.2) is 0 Å². The number of aromatic nitrogens is 1. The van der Waals surface area contributed by atoms with Crippen molar-refractivity contribution in [3.8, 4) is 11.1 Å². The minimum Gasteiger partial charge on any atom is -0.395 e. The number of hydrogen-bond donors (Lipinski definition) is 1. The number of hydrogen-bond acceptors (Lipinski definition) is 4. The van der Waals surface area contributed by atoms with Crippen LogP contribution in [0.25, 0.3) is 11.1 Å². The van der Waals surface area contributed by atoms with Gasteiger partial charge in [0.1, 0.15) is 0 Å². The van der Waals surface area contributed by atoms with Gasteiger partial charge in [0, 0.05) is 43.5 Å². The number of pyridine rings is 1. The molecule has 5 heteroatoms. The number of aliphatic hydroxyl groups excluding tert-OH is 1. The number of aryl methyl sites for hydroxylation is 1. The quantitative estimate of drug-likeness (QED) is 0.662. The Balaban J connectivity index is 1.40. The maximum Gasteiger partial charge on any atom is 0.255 e. The van der Waals surface area contributed by atoms with Gasteiger partial charge in [-0.1, -0.05) is 48.5 Å². The second-order valence-electron chi connectivity index (χ2n) is 9.22. The molecule has 0 saturated carbocycles. The molecule has 3 atom stereocenters. The Morgan fingerprint density at radius 3 is 2.55 bits per heavy atom. The van der Waals surface area contributed by atoms with Gasteiger partial charge in [0.25, 0.3) is 5.91 Å². The minimum absolute atomic E-state index is 0.0473. The highest BCUT2D eigenvalue weighted by atomic mass is 16.3. The standard InChI is InChI=1S/C28H31N3O2/c1-20-7-2-3-9-24(20)21-10-12-22(13-11-21)27-25-18-30(28(33)23-8-6-14-29-17-23)15-4-5-16-31(25)26(27)19-32/h2-3,6-14,17,25-27,32H,4-5,15-16,18-19H2,1H3/t25-,26+,27-/m1/s1. The first kappa shape index (κ1) is 21.8. The molecule has 2 fully saturated rings. The van der Waals surface area contributed by atoms with Gasteiger partial charge >= 0.3 is 0 Å². The molecule has 5 nitrogen and oxygen atoms in total. The van der Waals surface area contributed by atoms with Crippen molar-refractivity contribution in [3.63, 3.8) is 0 Å². The predicted octanol–water partition coefficient (Wildman–Crippen LogP) is 4.12. The maximum atomic E-state index is 13.2. The van der Waals surface area contributed by atoms with E-state index in [9.17, 15) is 9.90 Å². The molecule has 1 aromatic heterocycles. The van der Waals surface area contributed by atoms with Crippen LogP contribution in [-0.4, -0.2) is 64.1 Å². The summed E-state index contributed by atoms with van der Waals surface area (Å²) >= 11 is 0. The minimum atomic E-state index is 0.0473. The third kappa shape index (κ3) is 4.19. The van der Waals surface area contributed by atoms with E-state index in [4.69, 9.17) is 0 Å². The van der Waals surface area contributed by atoms with Crippen LogP contribution in [-0.2, 0) is 0 Å². The average Bonchev–Trinajstić information content (AvgIpc) is 2.84. The SMILES string of the molecule is Cc1ccccc1-c1ccc([C@@H]2[C@H]3CN(C(=O)c4cccnc4)CCCCN3[C@H]2CO)cc1. The van der Waals surface area contributed by atoms with E-state index in [1.807, 2.05) is 17.0 Å². The lowest BCUT2D eigenvalue weighted by molar-refractivity contribution is -0.0606. The summed E-state index contributed by atoms with van der Waals surface area (Å²) in [4.78, 5) is 21.7. The Kier molecular flexibility index (Phi) is 6.25. The zero-order valence-corrected chi connectivity index (χ0v) is 19.1. The van der Waals surface area contributed by atoms with Crippen LogP contribution in [0.2, 0.25) is 0 Å². The Bertz CT molecular complexity index is 1100. The van der Waals surface area contributed by atoms with E-state index in [-0.39, 0.29) is 30.5 Å². The summed E-state index contributed by atoms with van der Waals surface area (Å²) in [5.41, 5.74) is 5.60. The van der Waals surface area contributed by atoms with E-state index < -0.39 is 0 Å². The second kappa shape index (κ2) is 9.46. The van der Waals surface area contributed by atoms with Gasteiger partial charge in [0.2, 0.25) is 0 Å². The van der Waals surface area contributed by atoms with Gasteiger partial charge in [-0.3, -0.25) is 14.7 Å². The van der Waals surface area contributed by atoms with E-state index in [0.29, 0.717) is 12.1 Å². The van der Waals surface area contributed by atoms with Crippen LogP contribution in [0.5, 0.6) is 0 Å². The molecule has 3 heterocycles. The number of carbonyl (C=O) groups excluding carboxylic acids is 1. The van der Waals surface area contributed by atoms with Crippen molar-refractivity contribution in [3.05, 3.63) is 89.7 Å². The second-order valence-corrected chi connectivity index (χ2v) is 9.22. The molecular weight excluding hydrogens is 410 g/mol. The molecular formula is C28H31N3O2. The van der Waals surface area contributed by atoms with Crippen LogP contribution in [0.3, 0.4) is 0 Å². The largest absolute Gasteiger partial charge is 0.395 e. The fourth-order valence-corrected chi connectivity index (χ4v) is 5.58. The van der Waals surface area contributed by atoms with Crippen LogP contribution in [0.1, 0.15) is 40.2 Å². The van der Waals surface area contributed by atoms with Crippen molar-refractivity contribution in [2.75, 3.05) is 26.2 Å². The highest BCUT2D eigenvalue weighted by Gasteiger charge is 2.49. The number of nitrogens with zero attached hydrogens (tertiary/aromatic N) is 3. The van der Waals surface area contributed by atoms with Gasteiger partial charge in [-0.25, -0.2) is 0 Å². The smallest absolute Gasteiger partial charge is 0.255 e. The van der Waals surface area contributed by atoms with Crippen LogP contribution in [0.4, 0.5) is 0 Å². The summed E-state index contributed by atoms with van der Waals surface area (Å²) < 4.78 is 0. The van der Waals surface area contributed by atoms with Gasteiger partial charge in [0.05, 0.1) is 12.2 Å². The van der Waals surface area contributed by atoms with Crippen LogP contribution < -0.4 is 0 Å². The monoisotopic (exact) mass is 441 g/mol. The predicted molar refractivity (Wildman–Crippen MR) is 130 cm³/mol.